The molecule has 0 saturated heterocycles. The number of rotatable bonds is 6. The molecule has 0 aliphatic carbocycles. The SMILES string of the molecule is COCCn1cc(Nc2ccc([N+](=O)[O-])c(N)c2)cn1. The molecule has 2 rings (SSSR count). The van der Waals surface area contributed by atoms with Gasteiger partial charge in [0.25, 0.3) is 5.69 Å². The summed E-state index contributed by atoms with van der Waals surface area (Å²) in [6, 6.07) is 4.48. The Morgan fingerprint density at radius 1 is 1.50 bits per heavy atom. The molecule has 8 heteroatoms. The Balaban J connectivity index is 2.08. The first-order valence-corrected chi connectivity index (χ1v) is 5.92. The van der Waals surface area contributed by atoms with Crippen LogP contribution in [0.3, 0.4) is 0 Å². The molecule has 0 radical (unpaired) electrons. The van der Waals surface area contributed by atoms with E-state index in [1.807, 2.05) is 6.20 Å². The number of anilines is 3. The molecule has 0 atom stereocenters. The topological polar surface area (TPSA) is 108 Å². The lowest BCUT2D eigenvalue weighted by molar-refractivity contribution is -0.383. The molecule has 0 amide bonds. The van der Waals surface area contributed by atoms with Gasteiger partial charge in [0.1, 0.15) is 5.69 Å². The van der Waals surface area contributed by atoms with Gasteiger partial charge in [-0.1, -0.05) is 0 Å². The van der Waals surface area contributed by atoms with Crippen molar-refractivity contribution in [3.63, 3.8) is 0 Å². The molecule has 0 fully saturated rings. The van der Waals surface area contributed by atoms with Crippen LogP contribution in [0, 0.1) is 10.1 Å². The fourth-order valence-corrected chi connectivity index (χ4v) is 1.70. The van der Waals surface area contributed by atoms with E-state index >= 15 is 0 Å². The van der Waals surface area contributed by atoms with E-state index in [0.717, 1.165) is 5.69 Å². The zero-order valence-corrected chi connectivity index (χ0v) is 10.9. The van der Waals surface area contributed by atoms with Gasteiger partial charge in [-0.25, -0.2) is 0 Å². The van der Waals surface area contributed by atoms with Crippen LogP contribution in [0.2, 0.25) is 0 Å². The van der Waals surface area contributed by atoms with E-state index in [4.69, 9.17) is 10.5 Å². The third-order valence-corrected chi connectivity index (χ3v) is 2.67. The van der Waals surface area contributed by atoms with Gasteiger partial charge < -0.3 is 15.8 Å². The number of benzene rings is 1. The molecule has 20 heavy (non-hydrogen) atoms. The Morgan fingerprint density at radius 2 is 2.30 bits per heavy atom. The third kappa shape index (κ3) is 3.23. The van der Waals surface area contributed by atoms with Crippen LogP contribution >= 0.6 is 0 Å². The highest BCUT2D eigenvalue weighted by Gasteiger charge is 2.11. The van der Waals surface area contributed by atoms with Crippen LogP contribution in [-0.4, -0.2) is 28.4 Å². The molecule has 0 unspecified atom stereocenters. The Labute approximate surface area is 115 Å². The van der Waals surface area contributed by atoms with Gasteiger partial charge in [-0.15, -0.1) is 0 Å². The smallest absolute Gasteiger partial charge is 0.292 e. The highest BCUT2D eigenvalue weighted by Crippen LogP contribution is 2.26. The van der Waals surface area contributed by atoms with Crippen molar-refractivity contribution in [2.75, 3.05) is 24.8 Å². The summed E-state index contributed by atoms with van der Waals surface area (Å²) in [5.74, 6) is 0. The lowest BCUT2D eigenvalue weighted by Crippen LogP contribution is -2.03. The summed E-state index contributed by atoms with van der Waals surface area (Å²) < 4.78 is 6.70. The van der Waals surface area contributed by atoms with Crippen LogP contribution < -0.4 is 11.1 Å². The Morgan fingerprint density at radius 3 is 2.95 bits per heavy atom. The van der Waals surface area contributed by atoms with Crippen molar-refractivity contribution in [1.82, 2.24) is 9.78 Å². The molecule has 106 valence electrons. The molecule has 0 spiro atoms. The van der Waals surface area contributed by atoms with Crippen molar-refractivity contribution < 1.29 is 9.66 Å². The fourth-order valence-electron chi connectivity index (χ4n) is 1.70. The summed E-state index contributed by atoms with van der Waals surface area (Å²) in [7, 11) is 1.63. The number of ether oxygens (including phenoxy) is 1. The molecule has 0 bridgehead atoms. The molecule has 0 saturated carbocycles. The first-order chi connectivity index (χ1) is 9.60. The van der Waals surface area contributed by atoms with Crippen LogP contribution in [-0.2, 0) is 11.3 Å². The van der Waals surface area contributed by atoms with Crippen molar-refractivity contribution >= 4 is 22.7 Å². The molecule has 8 nitrogen and oxygen atoms in total. The molecule has 2 aromatic rings. The number of nitrogen functional groups attached to an aromatic ring is 1. The molecule has 0 aliphatic rings. The predicted octanol–water partition coefficient (Wildman–Crippen LogP) is 1.76. The summed E-state index contributed by atoms with van der Waals surface area (Å²) in [6.45, 7) is 1.23. The molecule has 1 heterocycles. The predicted molar refractivity (Wildman–Crippen MR) is 74.9 cm³/mol. The van der Waals surface area contributed by atoms with Gasteiger partial charge in [0, 0.05) is 25.1 Å². The Kier molecular flexibility index (Phi) is 4.16. The van der Waals surface area contributed by atoms with Gasteiger partial charge >= 0.3 is 0 Å². The van der Waals surface area contributed by atoms with Crippen LogP contribution in [0.25, 0.3) is 0 Å². The molecular weight excluding hydrogens is 262 g/mol. The zero-order chi connectivity index (χ0) is 14.5. The second-order valence-corrected chi connectivity index (χ2v) is 4.14. The monoisotopic (exact) mass is 277 g/mol. The van der Waals surface area contributed by atoms with Gasteiger partial charge in [-0.05, 0) is 12.1 Å². The van der Waals surface area contributed by atoms with Gasteiger partial charge in [-0.2, -0.15) is 5.10 Å². The zero-order valence-electron chi connectivity index (χ0n) is 10.9. The maximum atomic E-state index is 10.7. The summed E-state index contributed by atoms with van der Waals surface area (Å²) >= 11 is 0. The standard InChI is InChI=1S/C12H15N5O3/c1-20-5-4-16-8-10(7-14-16)15-9-2-3-12(17(18)19)11(13)6-9/h2-3,6-8,15H,4-5,13H2,1H3. The summed E-state index contributed by atoms with van der Waals surface area (Å²) in [4.78, 5) is 10.2. The van der Waals surface area contributed by atoms with Gasteiger partial charge in [0.2, 0.25) is 0 Å². The lowest BCUT2D eigenvalue weighted by atomic mass is 10.2. The summed E-state index contributed by atoms with van der Waals surface area (Å²) in [6.07, 6.45) is 3.48. The maximum absolute atomic E-state index is 10.7. The number of nitro benzene ring substituents is 1. The van der Waals surface area contributed by atoms with Crippen molar-refractivity contribution in [3.05, 3.63) is 40.7 Å². The van der Waals surface area contributed by atoms with Crippen molar-refractivity contribution in [1.29, 1.82) is 0 Å². The minimum atomic E-state index is -0.512. The molecule has 1 aromatic carbocycles. The van der Waals surface area contributed by atoms with Gasteiger partial charge in [-0.3, -0.25) is 14.8 Å². The Bertz CT molecular complexity index is 611. The lowest BCUT2D eigenvalue weighted by Gasteiger charge is -2.04. The molecule has 1 aromatic heterocycles. The molecular formula is C12H15N5O3. The summed E-state index contributed by atoms with van der Waals surface area (Å²) in [5, 5.41) is 17.9. The maximum Gasteiger partial charge on any atom is 0.292 e. The molecule has 3 N–H and O–H groups in total. The number of aromatic nitrogens is 2. The van der Waals surface area contributed by atoms with E-state index in [0.29, 0.717) is 18.8 Å². The Hall–Kier alpha value is -2.61. The second-order valence-electron chi connectivity index (χ2n) is 4.14. The van der Waals surface area contributed by atoms with Crippen LogP contribution in [0.5, 0.6) is 0 Å². The molecule has 0 aliphatic heterocycles. The second kappa shape index (κ2) is 6.02. The summed E-state index contributed by atoms with van der Waals surface area (Å²) in [5.41, 5.74) is 7.08. The highest BCUT2D eigenvalue weighted by molar-refractivity contribution is 5.69. The number of methoxy groups -OCH3 is 1. The normalized spacial score (nSPS) is 10.4. The quantitative estimate of drug-likeness (QED) is 0.473. The van der Waals surface area contributed by atoms with Crippen molar-refractivity contribution in [3.8, 4) is 0 Å². The number of nitrogens with zero attached hydrogens (tertiary/aromatic N) is 3. The number of nitrogens with two attached hydrogens (primary N) is 1. The van der Waals surface area contributed by atoms with E-state index in [-0.39, 0.29) is 11.4 Å². The highest BCUT2D eigenvalue weighted by atomic mass is 16.6. The van der Waals surface area contributed by atoms with Crippen molar-refractivity contribution in [2.45, 2.75) is 6.54 Å². The van der Waals surface area contributed by atoms with Crippen molar-refractivity contribution in [2.24, 2.45) is 0 Å². The van der Waals surface area contributed by atoms with Crippen LogP contribution in [0.1, 0.15) is 0 Å². The average Bonchev–Trinajstić information content (AvgIpc) is 2.83. The van der Waals surface area contributed by atoms with E-state index in [2.05, 4.69) is 10.4 Å². The van der Waals surface area contributed by atoms with E-state index in [1.54, 1.807) is 24.1 Å². The fraction of sp³-hybridized carbons (Fsp3) is 0.250. The van der Waals surface area contributed by atoms with Crippen LogP contribution in [0.15, 0.2) is 30.6 Å². The number of hydrogen-bond acceptors (Lipinski definition) is 6. The minimum Gasteiger partial charge on any atom is -0.393 e. The average molecular weight is 277 g/mol. The van der Waals surface area contributed by atoms with E-state index in [9.17, 15) is 10.1 Å². The van der Waals surface area contributed by atoms with Gasteiger partial charge in [0.05, 0.1) is 30.0 Å². The van der Waals surface area contributed by atoms with E-state index < -0.39 is 4.92 Å². The number of nitrogens with one attached hydrogen (secondary N) is 1. The first kappa shape index (κ1) is 13.8. The van der Waals surface area contributed by atoms with E-state index in [1.165, 1.54) is 12.1 Å². The van der Waals surface area contributed by atoms with Gasteiger partial charge in [0.15, 0.2) is 0 Å². The number of hydrogen-bond donors (Lipinski definition) is 2. The minimum absolute atomic E-state index is 0.105. The largest absolute Gasteiger partial charge is 0.393 e. The number of nitro groups is 1. The third-order valence-electron chi connectivity index (χ3n) is 2.67. The first-order valence-electron chi connectivity index (χ1n) is 5.92. The van der Waals surface area contributed by atoms with Crippen LogP contribution in [0.4, 0.5) is 22.7 Å².